The number of hydrogen-bond acceptors (Lipinski definition) is 11. The standard InChI is InChI=1S/C39H63N3O8/c1-25-19-39(6,47-10)35(50-36-33(44)31(40(7)8)18-26(2)49-36)27(3)34(45)38(4,5)37(46)48-24-32(41(9)20-25)29-21-42(22-29)23-30(43)17-16-28-14-12-11-13-15-28/h11-15,25-27,29,31-33,35-36,44H,16-24H2,1-10H3/t25-,26-,27+,31+,32+,33-,35-,36+,39-/m1/s1. The number of ether oxygens (including phenoxy) is 4. The van der Waals surface area contributed by atoms with Gasteiger partial charge < -0.3 is 29.0 Å². The van der Waals surface area contributed by atoms with Gasteiger partial charge in [0, 0.05) is 57.1 Å². The molecule has 3 aliphatic rings. The van der Waals surface area contributed by atoms with Gasteiger partial charge in [0.25, 0.3) is 0 Å². The Balaban J connectivity index is 1.51. The molecule has 0 aliphatic carbocycles. The van der Waals surface area contributed by atoms with Crippen LogP contribution in [0.2, 0.25) is 0 Å². The second-order valence-corrected chi connectivity index (χ2v) is 16.3. The molecule has 1 aromatic rings. The highest BCUT2D eigenvalue weighted by molar-refractivity contribution is 6.04. The first-order valence-corrected chi connectivity index (χ1v) is 18.4. The summed E-state index contributed by atoms with van der Waals surface area (Å²) in [6, 6.07) is 9.78. The van der Waals surface area contributed by atoms with Gasteiger partial charge in [-0.15, -0.1) is 0 Å². The average Bonchev–Trinajstić information content (AvgIpc) is 3.05. The number of esters is 1. The number of rotatable bonds is 10. The second kappa shape index (κ2) is 17.1. The van der Waals surface area contributed by atoms with Crippen LogP contribution in [0, 0.1) is 23.2 Å². The number of cyclic esters (lactones) is 1. The van der Waals surface area contributed by atoms with Gasteiger partial charge in [0.2, 0.25) is 0 Å². The number of carbonyl (C=O) groups is 3. The first-order chi connectivity index (χ1) is 23.5. The highest BCUT2D eigenvalue weighted by atomic mass is 16.7. The number of methoxy groups -OCH3 is 1. The van der Waals surface area contributed by atoms with Gasteiger partial charge in [0.1, 0.15) is 23.9 Å². The predicted octanol–water partition coefficient (Wildman–Crippen LogP) is 3.45. The number of hydrogen-bond donors (Lipinski definition) is 1. The fraction of sp³-hybridized carbons (Fsp3) is 0.769. The summed E-state index contributed by atoms with van der Waals surface area (Å²) in [5.74, 6) is -1.16. The molecule has 0 bridgehead atoms. The van der Waals surface area contributed by atoms with Crippen LogP contribution in [0.3, 0.4) is 0 Å². The molecular formula is C39H63N3O8. The number of benzene rings is 1. The fourth-order valence-electron chi connectivity index (χ4n) is 8.30. The summed E-state index contributed by atoms with van der Waals surface area (Å²) in [7, 11) is 7.51. The SMILES string of the molecule is CO[C@]1(C)C[C@@H](C)CN(C)[C@H](C2CN(CC(=O)CCc3ccccc3)C2)COC(=O)C(C)(C)C(=O)[C@H](C)[C@H]1O[C@@H]1O[C@H](C)C[C@H](N(C)C)[C@H]1O. The quantitative estimate of drug-likeness (QED) is 0.286. The number of ketones is 2. The monoisotopic (exact) mass is 701 g/mol. The van der Waals surface area contributed by atoms with E-state index in [2.05, 4.69) is 16.7 Å². The zero-order chi connectivity index (χ0) is 37.0. The molecule has 9 atom stereocenters. The van der Waals surface area contributed by atoms with Crippen molar-refractivity contribution < 1.29 is 38.4 Å². The van der Waals surface area contributed by atoms with Crippen molar-refractivity contribution in [2.75, 3.05) is 61.0 Å². The highest BCUT2D eigenvalue weighted by Crippen LogP contribution is 2.38. The number of likely N-dealkylation sites (tertiary alicyclic amines) is 1. The molecule has 0 radical (unpaired) electrons. The summed E-state index contributed by atoms with van der Waals surface area (Å²) < 4.78 is 25.0. The fourth-order valence-corrected chi connectivity index (χ4v) is 8.30. The van der Waals surface area contributed by atoms with Crippen molar-refractivity contribution in [3.05, 3.63) is 35.9 Å². The summed E-state index contributed by atoms with van der Waals surface area (Å²) in [6.45, 7) is 13.8. The van der Waals surface area contributed by atoms with Gasteiger partial charge in [-0.1, -0.05) is 44.2 Å². The largest absolute Gasteiger partial charge is 0.463 e. The molecule has 0 aromatic heterocycles. The lowest BCUT2D eigenvalue weighted by Crippen LogP contribution is -2.59. The van der Waals surface area contributed by atoms with Crippen molar-refractivity contribution >= 4 is 17.5 Å². The van der Waals surface area contributed by atoms with Crippen molar-refractivity contribution in [1.82, 2.24) is 14.7 Å². The Kier molecular flexibility index (Phi) is 13.8. The van der Waals surface area contributed by atoms with Crippen molar-refractivity contribution in [1.29, 1.82) is 0 Å². The summed E-state index contributed by atoms with van der Waals surface area (Å²) in [5.41, 5.74) is -1.25. The van der Waals surface area contributed by atoms with Crippen molar-refractivity contribution in [3.63, 3.8) is 0 Å². The smallest absolute Gasteiger partial charge is 0.319 e. The molecule has 11 heteroatoms. The molecular weight excluding hydrogens is 638 g/mol. The van der Waals surface area contributed by atoms with Crippen molar-refractivity contribution in [3.8, 4) is 0 Å². The van der Waals surface area contributed by atoms with Gasteiger partial charge in [0.15, 0.2) is 12.1 Å². The van der Waals surface area contributed by atoms with Crippen LogP contribution in [-0.2, 0) is 39.8 Å². The van der Waals surface area contributed by atoms with E-state index in [0.717, 1.165) is 25.1 Å². The molecule has 4 rings (SSSR count). The Morgan fingerprint density at radius 1 is 1.06 bits per heavy atom. The Hall–Kier alpha value is -2.25. The maximum Gasteiger partial charge on any atom is 0.319 e. The number of aryl methyl sites for hydroxylation is 1. The first kappa shape index (κ1) is 40.5. The highest BCUT2D eigenvalue weighted by Gasteiger charge is 2.52. The molecule has 0 spiro atoms. The molecule has 0 saturated carbocycles. The maximum atomic E-state index is 14.3. The predicted molar refractivity (Wildman–Crippen MR) is 192 cm³/mol. The Morgan fingerprint density at radius 3 is 2.34 bits per heavy atom. The molecule has 3 heterocycles. The molecule has 50 heavy (non-hydrogen) atoms. The number of likely N-dealkylation sites (N-methyl/N-ethyl adjacent to an activating group) is 2. The van der Waals surface area contributed by atoms with Gasteiger partial charge in [-0.2, -0.15) is 0 Å². The van der Waals surface area contributed by atoms with E-state index in [1.165, 1.54) is 0 Å². The van der Waals surface area contributed by atoms with Crippen LogP contribution in [0.4, 0.5) is 0 Å². The lowest BCUT2D eigenvalue weighted by molar-refractivity contribution is -0.295. The summed E-state index contributed by atoms with van der Waals surface area (Å²) in [6.07, 6.45) is -0.491. The number of aliphatic hydroxyl groups excluding tert-OH is 1. The molecule has 3 fully saturated rings. The third-order valence-corrected chi connectivity index (χ3v) is 11.4. The Labute approximate surface area is 299 Å². The van der Waals surface area contributed by atoms with E-state index in [4.69, 9.17) is 18.9 Å². The third-order valence-electron chi connectivity index (χ3n) is 11.4. The minimum atomic E-state index is -1.46. The average molecular weight is 702 g/mol. The summed E-state index contributed by atoms with van der Waals surface area (Å²) in [5, 5.41) is 11.4. The number of aliphatic hydroxyl groups is 1. The van der Waals surface area contributed by atoms with Crippen LogP contribution in [0.5, 0.6) is 0 Å². The topological polar surface area (TPSA) is 118 Å². The van der Waals surface area contributed by atoms with E-state index in [9.17, 15) is 19.5 Å². The molecule has 11 nitrogen and oxygen atoms in total. The Bertz CT molecular complexity index is 1290. The summed E-state index contributed by atoms with van der Waals surface area (Å²) in [4.78, 5) is 47.2. The van der Waals surface area contributed by atoms with Crippen LogP contribution < -0.4 is 0 Å². The third kappa shape index (κ3) is 9.59. The van der Waals surface area contributed by atoms with E-state index in [1.807, 2.05) is 70.2 Å². The number of carbonyl (C=O) groups excluding carboxylic acids is 3. The van der Waals surface area contributed by atoms with Crippen molar-refractivity contribution in [2.24, 2.45) is 23.2 Å². The lowest BCUT2D eigenvalue weighted by atomic mass is 9.74. The molecule has 0 unspecified atom stereocenters. The molecule has 3 saturated heterocycles. The second-order valence-electron chi connectivity index (χ2n) is 16.3. The van der Waals surface area contributed by atoms with Gasteiger partial charge in [-0.05, 0) is 79.6 Å². The minimum absolute atomic E-state index is 0.0859. The van der Waals surface area contributed by atoms with Crippen molar-refractivity contribution in [2.45, 2.75) is 110 Å². The minimum Gasteiger partial charge on any atom is -0.463 e. The van der Waals surface area contributed by atoms with Crippen LogP contribution in [0.1, 0.15) is 66.4 Å². The van der Waals surface area contributed by atoms with Crippen LogP contribution in [0.15, 0.2) is 30.3 Å². The van der Waals surface area contributed by atoms with E-state index >= 15 is 0 Å². The van der Waals surface area contributed by atoms with E-state index in [-0.39, 0.29) is 48.2 Å². The Morgan fingerprint density at radius 2 is 1.72 bits per heavy atom. The molecule has 1 aromatic carbocycles. The normalized spacial score (nSPS) is 35.4. The van der Waals surface area contributed by atoms with Crippen LogP contribution >= 0.6 is 0 Å². The van der Waals surface area contributed by atoms with E-state index in [1.54, 1.807) is 27.9 Å². The zero-order valence-electron chi connectivity index (χ0n) is 32.1. The maximum absolute atomic E-state index is 14.3. The molecule has 1 N–H and O–H groups in total. The summed E-state index contributed by atoms with van der Waals surface area (Å²) >= 11 is 0. The lowest BCUT2D eigenvalue weighted by Gasteiger charge is -2.47. The molecule has 3 aliphatic heterocycles. The van der Waals surface area contributed by atoms with E-state index in [0.29, 0.717) is 32.4 Å². The van der Waals surface area contributed by atoms with Gasteiger partial charge in [-0.3, -0.25) is 24.2 Å². The van der Waals surface area contributed by atoms with Gasteiger partial charge >= 0.3 is 5.97 Å². The first-order valence-electron chi connectivity index (χ1n) is 18.4. The van der Waals surface area contributed by atoms with Crippen LogP contribution in [-0.4, -0.2) is 141 Å². The molecule has 282 valence electrons. The zero-order valence-corrected chi connectivity index (χ0v) is 32.1. The molecule has 0 amide bonds. The van der Waals surface area contributed by atoms with Gasteiger partial charge in [0.05, 0.1) is 24.4 Å². The van der Waals surface area contributed by atoms with Crippen LogP contribution in [0.25, 0.3) is 0 Å². The van der Waals surface area contributed by atoms with Gasteiger partial charge in [-0.25, -0.2) is 0 Å². The number of nitrogens with zero attached hydrogens (tertiary/aromatic N) is 3. The van der Waals surface area contributed by atoms with E-state index < -0.39 is 41.4 Å². The number of Topliss-reactive ketones (excluding diaryl/α,β-unsaturated/α-hetero) is 2.